The summed E-state index contributed by atoms with van der Waals surface area (Å²) in [6.45, 7) is 4.20. The zero-order chi connectivity index (χ0) is 15.1. The van der Waals surface area contributed by atoms with E-state index in [2.05, 4.69) is 34.4 Å². The highest BCUT2D eigenvalue weighted by Crippen LogP contribution is 2.17. The van der Waals surface area contributed by atoms with Crippen molar-refractivity contribution in [3.8, 4) is 0 Å². The summed E-state index contributed by atoms with van der Waals surface area (Å²) >= 11 is 0. The summed E-state index contributed by atoms with van der Waals surface area (Å²) < 4.78 is 0. The highest BCUT2D eigenvalue weighted by molar-refractivity contribution is 5.92. The third kappa shape index (κ3) is 4.99. The highest BCUT2D eigenvalue weighted by atomic mass is 16.1. The van der Waals surface area contributed by atoms with Gasteiger partial charge in [0.2, 0.25) is 0 Å². The maximum atomic E-state index is 12.2. The topological polar surface area (TPSA) is 66.9 Å². The second kappa shape index (κ2) is 7.96. The van der Waals surface area contributed by atoms with E-state index in [0.717, 1.165) is 25.1 Å². The lowest BCUT2D eigenvalue weighted by molar-refractivity contribution is 0.0928. The molecule has 5 heteroatoms. The first-order chi connectivity index (χ1) is 10.2. The summed E-state index contributed by atoms with van der Waals surface area (Å²) in [5.74, 6) is 0.611. The van der Waals surface area contributed by atoms with E-state index in [1.54, 1.807) is 12.4 Å². The molecular weight excluding hydrogens is 264 g/mol. The average molecular weight is 290 g/mol. The molecule has 1 aromatic rings. The van der Waals surface area contributed by atoms with E-state index in [1.807, 2.05) is 0 Å². The standard InChI is InChI=1S/C16H26N4O/c1-3-12(2)19-15-11-17-14(10-18-15)16(21)20-13-8-6-4-5-7-9-13/h10-13H,3-9H2,1-2H3,(H,18,19)(H,20,21). The van der Waals surface area contributed by atoms with Crippen molar-refractivity contribution in [2.45, 2.75) is 70.9 Å². The van der Waals surface area contributed by atoms with Gasteiger partial charge in [-0.2, -0.15) is 0 Å². The number of amides is 1. The monoisotopic (exact) mass is 290 g/mol. The van der Waals surface area contributed by atoms with E-state index in [0.29, 0.717) is 17.8 Å². The number of aromatic nitrogens is 2. The summed E-state index contributed by atoms with van der Waals surface area (Å²) in [6, 6.07) is 0.643. The van der Waals surface area contributed by atoms with Gasteiger partial charge in [-0.25, -0.2) is 9.97 Å². The molecule has 2 rings (SSSR count). The van der Waals surface area contributed by atoms with Gasteiger partial charge >= 0.3 is 0 Å². The second-order valence-electron chi connectivity index (χ2n) is 5.90. The molecule has 1 amide bonds. The van der Waals surface area contributed by atoms with Crippen LogP contribution in [0.5, 0.6) is 0 Å². The van der Waals surface area contributed by atoms with Crippen molar-refractivity contribution in [3.05, 3.63) is 18.1 Å². The predicted molar refractivity (Wildman–Crippen MR) is 84.4 cm³/mol. The van der Waals surface area contributed by atoms with E-state index in [1.165, 1.54) is 25.7 Å². The summed E-state index contributed by atoms with van der Waals surface area (Å²) in [5, 5.41) is 6.33. The average Bonchev–Trinajstić information content (AvgIpc) is 2.76. The van der Waals surface area contributed by atoms with E-state index in [9.17, 15) is 4.79 Å². The molecule has 1 atom stereocenters. The lowest BCUT2D eigenvalue weighted by Gasteiger charge is -2.16. The second-order valence-corrected chi connectivity index (χ2v) is 5.90. The fraction of sp³-hybridized carbons (Fsp3) is 0.688. The van der Waals surface area contributed by atoms with E-state index in [4.69, 9.17) is 0 Å². The highest BCUT2D eigenvalue weighted by Gasteiger charge is 2.16. The number of hydrogen-bond acceptors (Lipinski definition) is 4. The van der Waals surface area contributed by atoms with Crippen molar-refractivity contribution < 1.29 is 4.79 Å². The van der Waals surface area contributed by atoms with Gasteiger partial charge in [-0.3, -0.25) is 4.79 Å². The third-order valence-corrected chi connectivity index (χ3v) is 4.08. The Morgan fingerprint density at radius 2 is 1.95 bits per heavy atom. The number of carbonyl (C=O) groups excluding carboxylic acids is 1. The number of nitrogens with zero attached hydrogens (tertiary/aromatic N) is 2. The molecule has 1 unspecified atom stereocenters. The number of rotatable bonds is 5. The van der Waals surface area contributed by atoms with Crippen LogP contribution in [0, 0.1) is 0 Å². The van der Waals surface area contributed by atoms with Gasteiger partial charge in [0.25, 0.3) is 5.91 Å². The molecule has 2 N–H and O–H groups in total. The normalized spacial score (nSPS) is 17.8. The Hall–Kier alpha value is -1.65. The van der Waals surface area contributed by atoms with Gasteiger partial charge < -0.3 is 10.6 Å². The van der Waals surface area contributed by atoms with Gasteiger partial charge in [0, 0.05) is 12.1 Å². The lowest BCUT2D eigenvalue weighted by Crippen LogP contribution is -2.35. The molecule has 0 saturated heterocycles. The largest absolute Gasteiger partial charge is 0.366 e. The number of carbonyl (C=O) groups is 1. The Kier molecular flexibility index (Phi) is 5.96. The van der Waals surface area contributed by atoms with Crippen LogP contribution in [0.15, 0.2) is 12.4 Å². The summed E-state index contributed by atoms with van der Waals surface area (Å²) in [6.07, 6.45) is 11.3. The van der Waals surface area contributed by atoms with Crippen LogP contribution in [0.1, 0.15) is 69.3 Å². The first-order valence-electron chi connectivity index (χ1n) is 8.08. The molecule has 1 heterocycles. The number of nitrogens with one attached hydrogen (secondary N) is 2. The molecule has 0 bridgehead atoms. The van der Waals surface area contributed by atoms with Gasteiger partial charge in [0.1, 0.15) is 11.5 Å². The van der Waals surface area contributed by atoms with Crippen LogP contribution >= 0.6 is 0 Å². The van der Waals surface area contributed by atoms with Crippen LogP contribution in [0.3, 0.4) is 0 Å². The Morgan fingerprint density at radius 3 is 2.52 bits per heavy atom. The maximum Gasteiger partial charge on any atom is 0.271 e. The Morgan fingerprint density at radius 1 is 1.24 bits per heavy atom. The number of hydrogen-bond donors (Lipinski definition) is 2. The van der Waals surface area contributed by atoms with Gasteiger partial charge in [0.05, 0.1) is 12.4 Å². The van der Waals surface area contributed by atoms with Crippen LogP contribution in [0.25, 0.3) is 0 Å². The summed E-state index contributed by atoms with van der Waals surface area (Å²) in [5.41, 5.74) is 0.397. The smallest absolute Gasteiger partial charge is 0.271 e. The molecule has 21 heavy (non-hydrogen) atoms. The molecule has 0 aromatic carbocycles. The minimum absolute atomic E-state index is 0.107. The molecule has 1 aliphatic rings. The molecule has 1 aliphatic carbocycles. The van der Waals surface area contributed by atoms with Crippen molar-refractivity contribution in [2.24, 2.45) is 0 Å². The molecular formula is C16H26N4O. The predicted octanol–water partition coefficient (Wildman–Crippen LogP) is 3.14. The summed E-state index contributed by atoms with van der Waals surface area (Å²) in [7, 11) is 0. The molecule has 1 fully saturated rings. The van der Waals surface area contributed by atoms with Crippen LogP contribution < -0.4 is 10.6 Å². The van der Waals surface area contributed by atoms with E-state index >= 15 is 0 Å². The van der Waals surface area contributed by atoms with Crippen molar-refractivity contribution in [1.29, 1.82) is 0 Å². The Bertz CT molecular complexity index is 438. The van der Waals surface area contributed by atoms with Crippen LogP contribution in [0.2, 0.25) is 0 Å². The zero-order valence-electron chi connectivity index (χ0n) is 13.1. The third-order valence-electron chi connectivity index (χ3n) is 4.08. The number of anilines is 1. The minimum Gasteiger partial charge on any atom is -0.366 e. The molecule has 1 saturated carbocycles. The molecule has 0 aliphatic heterocycles. The quantitative estimate of drug-likeness (QED) is 0.818. The van der Waals surface area contributed by atoms with Gasteiger partial charge in [-0.05, 0) is 26.2 Å². The Balaban J connectivity index is 1.89. The van der Waals surface area contributed by atoms with Crippen LogP contribution in [0.4, 0.5) is 5.82 Å². The van der Waals surface area contributed by atoms with Gasteiger partial charge in [-0.1, -0.05) is 32.6 Å². The van der Waals surface area contributed by atoms with Crippen molar-refractivity contribution >= 4 is 11.7 Å². The van der Waals surface area contributed by atoms with Gasteiger partial charge in [-0.15, -0.1) is 0 Å². The maximum absolute atomic E-state index is 12.2. The van der Waals surface area contributed by atoms with Crippen LogP contribution in [-0.4, -0.2) is 28.0 Å². The van der Waals surface area contributed by atoms with Crippen molar-refractivity contribution in [3.63, 3.8) is 0 Å². The zero-order valence-corrected chi connectivity index (χ0v) is 13.1. The summed E-state index contributed by atoms with van der Waals surface area (Å²) in [4.78, 5) is 20.7. The fourth-order valence-electron chi connectivity index (χ4n) is 2.56. The lowest BCUT2D eigenvalue weighted by atomic mass is 10.1. The van der Waals surface area contributed by atoms with E-state index in [-0.39, 0.29) is 5.91 Å². The van der Waals surface area contributed by atoms with E-state index < -0.39 is 0 Å². The van der Waals surface area contributed by atoms with Crippen molar-refractivity contribution in [1.82, 2.24) is 15.3 Å². The van der Waals surface area contributed by atoms with Gasteiger partial charge in [0.15, 0.2) is 0 Å². The molecule has 0 spiro atoms. The first kappa shape index (κ1) is 15.7. The molecule has 0 radical (unpaired) electrons. The minimum atomic E-state index is -0.107. The fourth-order valence-corrected chi connectivity index (χ4v) is 2.56. The Labute approximate surface area is 127 Å². The molecule has 5 nitrogen and oxygen atoms in total. The van der Waals surface area contributed by atoms with Crippen molar-refractivity contribution in [2.75, 3.05) is 5.32 Å². The molecule has 116 valence electrons. The van der Waals surface area contributed by atoms with Crippen LogP contribution in [-0.2, 0) is 0 Å². The SMILES string of the molecule is CCC(C)Nc1cnc(C(=O)NC2CCCCCC2)cn1. The molecule has 1 aromatic heterocycles. The first-order valence-corrected chi connectivity index (χ1v) is 8.08.